The lowest BCUT2D eigenvalue weighted by Gasteiger charge is -2.24. The molecule has 0 saturated heterocycles. The second kappa shape index (κ2) is 14.2. The van der Waals surface area contributed by atoms with E-state index in [0.717, 1.165) is 17.6 Å². The minimum atomic E-state index is 0.984. The molecule has 2 saturated carbocycles. The molecule has 0 aromatic heterocycles. The molecule has 0 heterocycles. The van der Waals surface area contributed by atoms with Gasteiger partial charge < -0.3 is 0 Å². The molecule has 0 spiro atoms. The molecule has 2 unspecified atom stereocenters. The Balaban J connectivity index is 1.79. The van der Waals surface area contributed by atoms with Gasteiger partial charge in [0.1, 0.15) is 7.28 Å². The molecule has 0 N–H and O–H groups in total. The average Bonchev–Trinajstić information content (AvgIpc) is 2.65. The van der Waals surface area contributed by atoms with Crippen molar-refractivity contribution < 1.29 is 0 Å². The average molecular weight is 346 g/mol. The van der Waals surface area contributed by atoms with Crippen LogP contribution in [0, 0.1) is 5.92 Å². The molecule has 0 bridgehead atoms. The van der Waals surface area contributed by atoms with Gasteiger partial charge in [-0.25, -0.2) is 0 Å². The molecule has 0 aromatic rings. The second-order valence-corrected chi connectivity index (χ2v) is 9.75. The van der Waals surface area contributed by atoms with Crippen molar-refractivity contribution in [1.82, 2.24) is 0 Å². The third kappa shape index (κ3) is 10.7. The lowest BCUT2D eigenvalue weighted by Crippen LogP contribution is -2.13. The molecule has 0 aromatic carbocycles. The van der Waals surface area contributed by atoms with Crippen LogP contribution in [-0.2, 0) is 0 Å². The van der Waals surface area contributed by atoms with Crippen molar-refractivity contribution in [2.24, 2.45) is 5.92 Å². The molecule has 2 aliphatic carbocycles. The molecule has 0 radical (unpaired) electrons. The summed E-state index contributed by atoms with van der Waals surface area (Å²) >= 11 is 0. The first-order valence-corrected chi connectivity index (χ1v) is 12.3. The van der Waals surface area contributed by atoms with E-state index in [2.05, 4.69) is 6.92 Å². The lowest BCUT2D eigenvalue weighted by molar-refractivity contribution is 0.418. The van der Waals surface area contributed by atoms with Crippen molar-refractivity contribution in [2.45, 2.75) is 147 Å². The highest BCUT2D eigenvalue weighted by Gasteiger charge is 2.19. The fraction of sp³-hybridized carbons (Fsp3) is 1.00. The summed E-state index contributed by atoms with van der Waals surface area (Å²) in [7, 11) is 1.58. The number of rotatable bonds is 2. The van der Waals surface area contributed by atoms with Crippen molar-refractivity contribution in [2.75, 3.05) is 0 Å². The van der Waals surface area contributed by atoms with Crippen LogP contribution in [0.4, 0.5) is 0 Å². The van der Waals surface area contributed by atoms with E-state index in [9.17, 15) is 0 Å². The Kier molecular flexibility index (Phi) is 12.1. The molecular formula is C24H47B. The van der Waals surface area contributed by atoms with E-state index in [1.807, 2.05) is 0 Å². The molecule has 0 aliphatic heterocycles. The zero-order chi connectivity index (χ0) is 17.6. The maximum atomic E-state index is 2.50. The maximum absolute atomic E-state index is 2.50. The summed E-state index contributed by atoms with van der Waals surface area (Å²) in [5.74, 6) is 3.10. The molecule has 2 rings (SSSR count). The maximum Gasteiger partial charge on any atom is 0.127 e. The van der Waals surface area contributed by atoms with E-state index < -0.39 is 0 Å². The number of hydrogen-bond donors (Lipinski definition) is 0. The Morgan fingerprint density at radius 3 is 1.20 bits per heavy atom. The van der Waals surface area contributed by atoms with E-state index in [1.54, 1.807) is 33.0 Å². The predicted octanol–water partition coefficient (Wildman–Crippen LogP) is 8.47. The van der Waals surface area contributed by atoms with Crippen molar-refractivity contribution in [1.29, 1.82) is 0 Å². The smallest absolute Gasteiger partial charge is 0.0654 e. The summed E-state index contributed by atoms with van der Waals surface area (Å²) in [4.78, 5) is 0. The quantitative estimate of drug-likeness (QED) is 0.440. The van der Waals surface area contributed by atoms with Crippen LogP contribution in [-0.4, -0.2) is 7.28 Å². The molecular weight excluding hydrogens is 299 g/mol. The van der Waals surface area contributed by atoms with Gasteiger partial charge in [-0.15, -0.1) is 0 Å². The van der Waals surface area contributed by atoms with Crippen molar-refractivity contribution in [3.8, 4) is 0 Å². The van der Waals surface area contributed by atoms with Gasteiger partial charge in [-0.05, 0) is 5.92 Å². The summed E-state index contributed by atoms with van der Waals surface area (Å²) in [6.07, 6.45) is 30.3. The summed E-state index contributed by atoms with van der Waals surface area (Å²) in [6.45, 7) is 2.50. The van der Waals surface area contributed by atoms with E-state index >= 15 is 0 Å². The van der Waals surface area contributed by atoms with E-state index in [1.165, 1.54) is 103 Å². The van der Waals surface area contributed by atoms with Gasteiger partial charge in [0.2, 0.25) is 0 Å². The standard InChI is InChI=1S/C24H47B/c1-22-16-11-7-6-10-14-20-24(21-15-17-22)25-23-18-12-8-4-2-3-5-9-13-19-23/h22-25H,2-21H2,1H3. The first-order valence-electron chi connectivity index (χ1n) is 12.3. The van der Waals surface area contributed by atoms with Gasteiger partial charge in [0, 0.05) is 0 Å². The molecule has 2 fully saturated rings. The largest absolute Gasteiger partial charge is 0.127 e. The molecule has 25 heavy (non-hydrogen) atoms. The fourth-order valence-corrected chi connectivity index (χ4v) is 5.51. The van der Waals surface area contributed by atoms with Crippen LogP contribution in [0.15, 0.2) is 0 Å². The van der Waals surface area contributed by atoms with Gasteiger partial charge in [0.15, 0.2) is 0 Å². The van der Waals surface area contributed by atoms with Crippen molar-refractivity contribution >= 4 is 7.28 Å². The zero-order valence-electron chi connectivity index (χ0n) is 17.6. The highest BCUT2D eigenvalue weighted by molar-refractivity contribution is 6.39. The van der Waals surface area contributed by atoms with Gasteiger partial charge in [0.05, 0.1) is 0 Å². The SMILES string of the molecule is CC1CCCCCCCC(BC2CCCCCCCCCC2)CCC1. The number of hydrogen-bond acceptors (Lipinski definition) is 0. The highest BCUT2D eigenvalue weighted by Crippen LogP contribution is 2.33. The minimum Gasteiger partial charge on any atom is -0.0654 e. The van der Waals surface area contributed by atoms with E-state index in [-0.39, 0.29) is 0 Å². The van der Waals surface area contributed by atoms with E-state index in [4.69, 9.17) is 0 Å². The Hall–Kier alpha value is 0.0649. The monoisotopic (exact) mass is 346 g/mol. The van der Waals surface area contributed by atoms with Crippen LogP contribution >= 0.6 is 0 Å². The first kappa shape index (κ1) is 21.4. The third-order valence-electron chi connectivity index (χ3n) is 7.26. The summed E-state index contributed by atoms with van der Waals surface area (Å²) in [6, 6.07) is 0. The van der Waals surface area contributed by atoms with Crippen LogP contribution in [0.25, 0.3) is 0 Å². The van der Waals surface area contributed by atoms with Gasteiger partial charge in [-0.3, -0.25) is 0 Å². The molecule has 0 nitrogen and oxygen atoms in total. The molecule has 2 atom stereocenters. The van der Waals surface area contributed by atoms with Gasteiger partial charge in [-0.1, -0.05) is 147 Å². The second-order valence-electron chi connectivity index (χ2n) is 9.75. The Bertz CT molecular complexity index is 288. The Labute approximate surface area is 160 Å². The Morgan fingerprint density at radius 2 is 0.720 bits per heavy atom. The fourth-order valence-electron chi connectivity index (χ4n) is 5.51. The van der Waals surface area contributed by atoms with Gasteiger partial charge >= 0.3 is 0 Å². The van der Waals surface area contributed by atoms with E-state index in [0.29, 0.717) is 0 Å². The van der Waals surface area contributed by atoms with Gasteiger partial charge in [0.25, 0.3) is 0 Å². The molecule has 0 amide bonds. The first-order chi connectivity index (χ1) is 12.3. The summed E-state index contributed by atoms with van der Waals surface area (Å²) < 4.78 is 0. The Morgan fingerprint density at radius 1 is 0.400 bits per heavy atom. The highest BCUT2D eigenvalue weighted by atomic mass is 14.1. The van der Waals surface area contributed by atoms with Crippen LogP contribution < -0.4 is 0 Å². The normalized spacial score (nSPS) is 30.4. The zero-order valence-corrected chi connectivity index (χ0v) is 17.6. The van der Waals surface area contributed by atoms with Crippen LogP contribution in [0.2, 0.25) is 11.6 Å². The third-order valence-corrected chi connectivity index (χ3v) is 7.26. The lowest BCUT2D eigenvalue weighted by atomic mass is 9.50. The summed E-state index contributed by atoms with van der Waals surface area (Å²) in [5.41, 5.74) is 0. The van der Waals surface area contributed by atoms with Crippen LogP contribution in [0.3, 0.4) is 0 Å². The molecule has 1 heteroatoms. The van der Waals surface area contributed by atoms with Crippen molar-refractivity contribution in [3.05, 3.63) is 0 Å². The minimum absolute atomic E-state index is 0.984. The van der Waals surface area contributed by atoms with Gasteiger partial charge in [-0.2, -0.15) is 0 Å². The van der Waals surface area contributed by atoms with Crippen molar-refractivity contribution in [3.63, 3.8) is 0 Å². The molecule has 146 valence electrons. The summed E-state index contributed by atoms with van der Waals surface area (Å²) in [5, 5.41) is 0. The van der Waals surface area contributed by atoms with Crippen LogP contribution in [0.5, 0.6) is 0 Å². The topological polar surface area (TPSA) is 0 Å². The molecule has 2 aliphatic rings. The van der Waals surface area contributed by atoms with Crippen LogP contribution in [0.1, 0.15) is 135 Å². The predicted molar refractivity (Wildman–Crippen MR) is 116 cm³/mol.